The summed E-state index contributed by atoms with van der Waals surface area (Å²) in [7, 11) is 0. The largest absolute Gasteiger partial charge is 0.328 e. The van der Waals surface area contributed by atoms with Gasteiger partial charge in [-0.3, -0.25) is 20.2 Å². The van der Waals surface area contributed by atoms with Gasteiger partial charge < -0.3 is 0 Å². The number of hydrogen-bond donors (Lipinski definition) is 2. The fraction of sp³-hybridized carbons (Fsp3) is 0. The number of carbonyl (C=O) groups excluding carboxylic acids is 3. The number of carbonyl (C=O) groups is 3. The SMILES string of the molecule is O=C(NC(=O)c1cn(-c2ccccc2)nc1-c1ccc2ccccc2c1)NC(=O)c1cn(-c2ccccc2)nc1-c1ccc2ccccc2c1. The van der Waals surface area contributed by atoms with Gasteiger partial charge in [-0.15, -0.1) is 0 Å². The molecular weight excluding hydrogens is 624 g/mol. The van der Waals surface area contributed by atoms with Gasteiger partial charge in [-0.1, -0.05) is 109 Å². The molecule has 0 aliphatic carbocycles. The lowest BCUT2D eigenvalue weighted by Crippen LogP contribution is -2.42. The molecule has 9 heteroatoms. The summed E-state index contributed by atoms with van der Waals surface area (Å²) in [4.78, 5) is 40.7. The molecule has 0 aliphatic heterocycles. The van der Waals surface area contributed by atoms with Crippen molar-refractivity contribution in [2.24, 2.45) is 0 Å². The Morgan fingerprint density at radius 1 is 0.440 bits per heavy atom. The maximum atomic E-state index is 13.7. The minimum atomic E-state index is -0.978. The second-order valence-corrected chi connectivity index (χ2v) is 11.7. The molecule has 0 bridgehead atoms. The van der Waals surface area contributed by atoms with E-state index < -0.39 is 17.8 Å². The molecule has 2 heterocycles. The summed E-state index contributed by atoms with van der Waals surface area (Å²) in [6.07, 6.45) is 3.15. The molecule has 2 N–H and O–H groups in total. The van der Waals surface area contributed by atoms with E-state index in [-0.39, 0.29) is 11.1 Å². The molecule has 2 aromatic heterocycles. The quantitative estimate of drug-likeness (QED) is 0.189. The third-order valence-corrected chi connectivity index (χ3v) is 8.46. The van der Waals surface area contributed by atoms with Crippen molar-refractivity contribution < 1.29 is 14.4 Å². The zero-order chi connectivity index (χ0) is 34.0. The van der Waals surface area contributed by atoms with Crippen molar-refractivity contribution in [3.63, 3.8) is 0 Å². The Bertz CT molecular complexity index is 2380. The van der Waals surface area contributed by atoms with Crippen LogP contribution in [0.3, 0.4) is 0 Å². The predicted molar refractivity (Wildman–Crippen MR) is 193 cm³/mol. The number of imide groups is 2. The molecule has 9 nitrogen and oxygen atoms in total. The smallest absolute Gasteiger partial charge is 0.274 e. The van der Waals surface area contributed by atoms with E-state index in [0.29, 0.717) is 22.5 Å². The molecule has 0 radical (unpaired) electrons. The molecule has 6 aromatic carbocycles. The Morgan fingerprint density at radius 2 is 0.820 bits per heavy atom. The summed E-state index contributed by atoms with van der Waals surface area (Å²) in [6.45, 7) is 0. The molecule has 0 fully saturated rings. The summed E-state index contributed by atoms with van der Waals surface area (Å²) < 4.78 is 3.19. The lowest BCUT2D eigenvalue weighted by Gasteiger charge is -2.07. The summed E-state index contributed by atoms with van der Waals surface area (Å²) in [5.41, 5.74) is 4.00. The second kappa shape index (κ2) is 12.8. The maximum absolute atomic E-state index is 13.7. The topological polar surface area (TPSA) is 111 Å². The molecule has 0 saturated heterocycles. The second-order valence-electron chi connectivity index (χ2n) is 11.7. The van der Waals surface area contributed by atoms with Crippen molar-refractivity contribution in [3.05, 3.63) is 169 Å². The van der Waals surface area contributed by atoms with Crippen LogP contribution in [-0.4, -0.2) is 37.4 Å². The molecule has 0 spiro atoms. The van der Waals surface area contributed by atoms with Gasteiger partial charge in [-0.25, -0.2) is 14.2 Å². The van der Waals surface area contributed by atoms with Crippen LogP contribution in [0.5, 0.6) is 0 Å². The Hall–Kier alpha value is -7.13. The first-order valence-electron chi connectivity index (χ1n) is 16.0. The predicted octanol–water partition coefficient (Wildman–Crippen LogP) is 7.98. The number of nitrogens with zero attached hydrogens (tertiary/aromatic N) is 4. The number of rotatable bonds is 6. The number of fused-ring (bicyclic) bond motifs is 2. The first-order chi connectivity index (χ1) is 24.5. The Labute approximate surface area is 286 Å². The van der Waals surface area contributed by atoms with Gasteiger partial charge in [0.15, 0.2) is 0 Å². The zero-order valence-corrected chi connectivity index (χ0v) is 26.5. The lowest BCUT2D eigenvalue weighted by molar-refractivity contribution is 0.0945. The van der Waals surface area contributed by atoms with Crippen molar-refractivity contribution in [2.45, 2.75) is 0 Å². The van der Waals surface area contributed by atoms with Crippen LogP contribution >= 0.6 is 0 Å². The summed E-state index contributed by atoms with van der Waals surface area (Å²) in [6, 6.07) is 45.1. The number of nitrogens with one attached hydrogen (secondary N) is 2. The monoisotopic (exact) mass is 652 g/mol. The minimum absolute atomic E-state index is 0.167. The molecule has 4 amide bonds. The lowest BCUT2D eigenvalue weighted by atomic mass is 10.0. The highest BCUT2D eigenvalue weighted by atomic mass is 16.2. The van der Waals surface area contributed by atoms with E-state index in [2.05, 4.69) is 10.6 Å². The number of aromatic nitrogens is 4. The number of urea groups is 1. The standard InChI is InChI=1S/C41H28N6O3/c48-39(35-25-46(33-15-3-1-4-16-33)44-37(35)31-21-19-27-11-7-9-13-29(27)23-31)42-41(50)43-40(49)36-26-47(34-17-5-2-6-18-34)45-38(36)32-22-20-28-12-8-10-14-30(28)24-32/h1-26H,(H2,42,43,48,49,50). The van der Waals surface area contributed by atoms with E-state index in [1.54, 1.807) is 21.8 Å². The van der Waals surface area contributed by atoms with E-state index in [0.717, 1.165) is 32.9 Å². The third kappa shape index (κ3) is 5.91. The Morgan fingerprint density at radius 3 is 1.24 bits per heavy atom. The van der Waals surface area contributed by atoms with Gasteiger partial charge in [0.25, 0.3) is 11.8 Å². The van der Waals surface area contributed by atoms with Gasteiger partial charge in [0.05, 0.1) is 22.5 Å². The molecule has 0 unspecified atom stereocenters. The fourth-order valence-corrected chi connectivity index (χ4v) is 5.98. The van der Waals surface area contributed by atoms with E-state index >= 15 is 0 Å². The van der Waals surface area contributed by atoms with Crippen LogP contribution in [0.4, 0.5) is 4.79 Å². The van der Waals surface area contributed by atoms with Gasteiger partial charge in [-0.2, -0.15) is 10.2 Å². The molecule has 0 aliphatic rings. The van der Waals surface area contributed by atoms with Crippen LogP contribution in [0.1, 0.15) is 20.7 Å². The summed E-state index contributed by atoms with van der Waals surface area (Å²) in [5.74, 6) is -1.43. The fourth-order valence-electron chi connectivity index (χ4n) is 5.98. The molecule has 240 valence electrons. The highest BCUT2D eigenvalue weighted by molar-refractivity contribution is 6.14. The molecular formula is C41H28N6O3. The van der Waals surface area contributed by atoms with E-state index in [4.69, 9.17) is 10.2 Å². The number of para-hydroxylation sites is 2. The van der Waals surface area contributed by atoms with E-state index in [9.17, 15) is 14.4 Å². The van der Waals surface area contributed by atoms with Gasteiger partial charge in [0.1, 0.15) is 11.4 Å². The van der Waals surface area contributed by atoms with Gasteiger partial charge in [-0.05, 0) is 57.9 Å². The molecule has 50 heavy (non-hydrogen) atoms. The van der Waals surface area contributed by atoms with Crippen LogP contribution in [0.25, 0.3) is 55.4 Å². The van der Waals surface area contributed by atoms with Crippen LogP contribution < -0.4 is 10.6 Å². The number of benzene rings is 6. The average Bonchev–Trinajstić information content (AvgIpc) is 3.82. The van der Waals surface area contributed by atoms with E-state index in [1.165, 1.54) is 0 Å². The molecule has 8 aromatic rings. The van der Waals surface area contributed by atoms with Gasteiger partial charge in [0.2, 0.25) is 0 Å². The van der Waals surface area contributed by atoms with Crippen molar-refractivity contribution in [2.75, 3.05) is 0 Å². The number of amides is 4. The minimum Gasteiger partial charge on any atom is -0.274 e. The highest BCUT2D eigenvalue weighted by Crippen LogP contribution is 2.29. The molecule has 0 saturated carbocycles. The highest BCUT2D eigenvalue weighted by Gasteiger charge is 2.24. The number of hydrogen-bond acceptors (Lipinski definition) is 5. The average molecular weight is 653 g/mol. The van der Waals surface area contributed by atoms with Crippen molar-refractivity contribution in [1.82, 2.24) is 30.2 Å². The van der Waals surface area contributed by atoms with Crippen LogP contribution in [0, 0.1) is 0 Å². The Balaban J connectivity index is 1.10. The van der Waals surface area contributed by atoms with Crippen molar-refractivity contribution >= 4 is 39.4 Å². The zero-order valence-electron chi connectivity index (χ0n) is 26.5. The van der Waals surface area contributed by atoms with Crippen LogP contribution in [0.2, 0.25) is 0 Å². The first kappa shape index (κ1) is 30.2. The van der Waals surface area contributed by atoms with Crippen molar-refractivity contribution in [3.8, 4) is 33.9 Å². The maximum Gasteiger partial charge on any atom is 0.328 e. The van der Waals surface area contributed by atoms with Gasteiger partial charge in [0, 0.05) is 23.5 Å². The van der Waals surface area contributed by atoms with Crippen molar-refractivity contribution in [1.29, 1.82) is 0 Å². The summed E-state index contributed by atoms with van der Waals surface area (Å²) in [5, 5.41) is 18.2. The third-order valence-electron chi connectivity index (χ3n) is 8.46. The Kier molecular flexibility index (Phi) is 7.75. The first-order valence-corrected chi connectivity index (χ1v) is 16.0. The van der Waals surface area contributed by atoms with Crippen LogP contribution in [0.15, 0.2) is 158 Å². The van der Waals surface area contributed by atoms with E-state index in [1.807, 2.05) is 146 Å². The normalized spacial score (nSPS) is 11.0. The van der Waals surface area contributed by atoms with Gasteiger partial charge >= 0.3 is 6.03 Å². The molecule has 0 atom stereocenters. The summed E-state index contributed by atoms with van der Waals surface area (Å²) >= 11 is 0. The molecule has 8 rings (SSSR count). The van der Waals surface area contributed by atoms with Crippen LogP contribution in [-0.2, 0) is 0 Å².